The lowest BCUT2D eigenvalue weighted by Crippen LogP contribution is -2.19. The minimum atomic E-state index is 0.523. The Morgan fingerprint density at radius 3 is 2.71 bits per heavy atom. The van der Waals surface area contributed by atoms with Crippen LogP contribution in [0.5, 0.6) is 5.88 Å². The largest absolute Gasteiger partial charge is 0.479 e. The van der Waals surface area contributed by atoms with Gasteiger partial charge in [-0.15, -0.1) is 0 Å². The first-order valence-corrected chi connectivity index (χ1v) is 4.87. The molecule has 0 aliphatic carbocycles. The van der Waals surface area contributed by atoms with Gasteiger partial charge < -0.3 is 15.4 Å². The van der Waals surface area contributed by atoms with Crippen molar-refractivity contribution < 1.29 is 4.74 Å². The molecule has 2 heterocycles. The maximum Gasteiger partial charge on any atom is 0.238 e. The van der Waals surface area contributed by atoms with E-state index in [0.29, 0.717) is 11.6 Å². The Labute approximate surface area is 83.7 Å². The molecule has 1 aliphatic rings. The summed E-state index contributed by atoms with van der Waals surface area (Å²) in [5, 5.41) is 0. The minimum absolute atomic E-state index is 0.523. The van der Waals surface area contributed by atoms with Gasteiger partial charge in [-0.2, -0.15) is 4.98 Å². The first-order chi connectivity index (χ1) is 6.81. The molecule has 0 unspecified atom stereocenters. The standard InChI is InChI=1S/C10H15N3O/c1-14-10-8(11)4-5-9(12-10)13-6-2-3-7-13/h4-5H,2-3,6-7,11H2,1H3. The molecule has 1 saturated heterocycles. The number of anilines is 2. The first-order valence-electron chi connectivity index (χ1n) is 4.87. The van der Waals surface area contributed by atoms with E-state index in [4.69, 9.17) is 10.5 Å². The zero-order valence-corrected chi connectivity index (χ0v) is 8.36. The van der Waals surface area contributed by atoms with Gasteiger partial charge in [0.05, 0.1) is 12.8 Å². The Hall–Kier alpha value is -1.45. The number of rotatable bonds is 2. The maximum absolute atomic E-state index is 5.69. The average molecular weight is 193 g/mol. The number of hydrogen-bond acceptors (Lipinski definition) is 4. The van der Waals surface area contributed by atoms with Crippen LogP contribution >= 0.6 is 0 Å². The lowest BCUT2D eigenvalue weighted by molar-refractivity contribution is 0.400. The third kappa shape index (κ3) is 1.60. The number of hydrogen-bond donors (Lipinski definition) is 1. The highest BCUT2D eigenvalue weighted by atomic mass is 16.5. The molecule has 0 bridgehead atoms. The number of ether oxygens (including phenoxy) is 1. The van der Waals surface area contributed by atoms with Crippen LogP contribution in [0.3, 0.4) is 0 Å². The van der Waals surface area contributed by atoms with Crippen LogP contribution in [0.4, 0.5) is 11.5 Å². The van der Waals surface area contributed by atoms with E-state index in [1.807, 2.05) is 12.1 Å². The van der Waals surface area contributed by atoms with E-state index in [1.54, 1.807) is 7.11 Å². The molecule has 2 N–H and O–H groups in total. The van der Waals surface area contributed by atoms with Crippen LogP contribution in [0.1, 0.15) is 12.8 Å². The van der Waals surface area contributed by atoms with Gasteiger partial charge in [-0.3, -0.25) is 0 Å². The fraction of sp³-hybridized carbons (Fsp3) is 0.500. The molecule has 0 radical (unpaired) electrons. The fourth-order valence-electron chi connectivity index (χ4n) is 1.73. The molecule has 1 aromatic heterocycles. The SMILES string of the molecule is COc1nc(N2CCCC2)ccc1N. The van der Waals surface area contributed by atoms with E-state index in [9.17, 15) is 0 Å². The first kappa shape index (κ1) is 9.12. The van der Waals surface area contributed by atoms with E-state index in [-0.39, 0.29) is 0 Å². The highest BCUT2D eigenvalue weighted by Crippen LogP contribution is 2.24. The van der Waals surface area contributed by atoms with Crippen molar-refractivity contribution in [2.24, 2.45) is 0 Å². The van der Waals surface area contributed by atoms with Crippen LogP contribution < -0.4 is 15.4 Å². The minimum Gasteiger partial charge on any atom is -0.479 e. The zero-order chi connectivity index (χ0) is 9.97. The maximum atomic E-state index is 5.69. The monoisotopic (exact) mass is 193 g/mol. The van der Waals surface area contributed by atoms with Gasteiger partial charge in [0.1, 0.15) is 5.82 Å². The molecule has 76 valence electrons. The molecule has 0 spiro atoms. The van der Waals surface area contributed by atoms with Gasteiger partial charge in [0.2, 0.25) is 5.88 Å². The number of nitrogens with zero attached hydrogens (tertiary/aromatic N) is 2. The molecular weight excluding hydrogens is 178 g/mol. The van der Waals surface area contributed by atoms with E-state index in [2.05, 4.69) is 9.88 Å². The summed E-state index contributed by atoms with van der Waals surface area (Å²) in [6, 6.07) is 3.79. The second-order valence-electron chi connectivity index (χ2n) is 3.46. The Kier molecular flexibility index (Phi) is 2.43. The van der Waals surface area contributed by atoms with E-state index >= 15 is 0 Å². The van der Waals surface area contributed by atoms with Crippen LogP contribution in [-0.2, 0) is 0 Å². The smallest absolute Gasteiger partial charge is 0.238 e. The molecule has 4 heteroatoms. The van der Waals surface area contributed by atoms with E-state index in [1.165, 1.54) is 12.8 Å². The van der Waals surface area contributed by atoms with Crippen LogP contribution in [0, 0.1) is 0 Å². The van der Waals surface area contributed by atoms with Crippen LogP contribution in [0.25, 0.3) is 0 Å². The highest BCUT2D eigenvalue weighted by Gasteiger charge is 2.14. The fourth-order valence-corrected chi connectivity index (χ4v) is 1.73. The second-order valence-corrected chi connectivity index (χ2v) is 3.46. The van der Waals surface area contributed by atoms with Gasteiger partial charge in [0.15, 0.2) is 0 Å². The van der Waals surface area contributed by atoms with Crippen molar-refractivity contribution in [1.82, 2.24) is 4.98 Å². The third-order valence-electron chi connectivity index (χ3n) is 2.50. The van der Waals surface area contributed by atoms with Crippen molar-refractivity contribution in [3.8, 4) is 5.88 Å². The lowest BCUT2D eigenvalue weighted by Gasteiger charge is -2.17. The summed E-state index contributed by atoms with van der Waals surface area (Å²) in [6.07, 6.45) is 2.49. The van der Waals surface area contributed by atoms with Gasteiger partial charge in [-0.1, -0.05) is 0 Å². The molecule has 1 fully saturated rings. The number of pyridine rings is 1. The van der Waals surface area contributed by atoms with Gasteiger partial charge in [-0.05, 0) is 25.0 Å². The number of aromatic nitrogens is 1. The highest BCUT2D eigenvalue weighted by molar-refractivity contribution is 5.54. The van der Waals surface area contributed by atoms with Crippen molar-refractivity contribution >= 4 is 11.5 Å². The number of nitrogens with two attached hydrogens (primary N) is 1. The van der Waals surface area contributed by atoms with Crippen molar-refractivity contribution in [3.05, 3.63) is 12.1 Å². The quantitative estimate of drug-likeness (QED) is 0.768. The van der Waals surface area contributed by atoms with Gasteiger partial charge in [0, 0.05) is 13.1 Å². The zero-order valence-electron chi connectivity index (χ0n) is 8.36. The molecule has 0 saturated carbocycles. The molecule has 2 rings (SSSR count). The second kappa shape index (κ2) is 3.74. The summed E-state index contributed by atoms with van der Waals surface area (Å²) in [5.41, 5.74) is 6.29. The van der Waals surface area contributed by atoms with Gasteiger partial charge in [-0.25, -0.2) is 0 Å². The summed E-state index contributed by atoms with van der Waals surface area (Å²) in [6.45, 7) is 2.17. The lowest BCUT2D eigenvalue weighted by atomic mass is 10.4. The van der Waals surface area contributed by atoms with Crippen molar-refractivity contribution in [3.63, 3.8) is 0 Å². The Morgan fingerprint density at radius 2 is 2.07 bits per heavy atom. The Balaban J connectivity index is 2.25. The van der Waals surface area contributed by atoms with Crippen LogP contribution in [0.15, 0.2) is 12.1 Å². The Bertz CT molecular complexity index is 321. The number of nitrogen functional groups attached to an aromatic ring is 1. The summed E-state index contributed by atoms with van der Waals surface area (Å²) in [7, 11) is 1.59. The summed E-state index contributed by atoms with van der Waals surface area (Å²) in [5.74, 6) is 1.49. The normalized spacial score (nSPS) is 15.9. The molecule has 1 aliphatic heterocycles. The molecule has 1 aromatic rings. The molecule has 14 heavy (non-hydrogen) atoms. The molecule has 4 nitrogen and oxygen atoms in total. The Morgan fingerprint density at radius 1 is 1.36 bits per heavy atom. The molecule has 0 amide bonds. The predicted molar refractivity (Wildman–Crippen MR) is 56.6 cm³/mol. The van der Waals surface area contributed by atoms with Gasteiger partial charge >= 0.3 is 0 Å². The van der Waals surface area contributed by atoms with E-state index < -0.39 is 0 Å². The predicted octanol–water partition coefficient (Wildman–Crippen LogP) is 1.27. The van der Waals surface area contributed by atoms with Crippen molar-refractivity contribution in [2.45, 2.75) is 12.8 Å². The van der Waals surface area contributed by atoms with E-state index in [0.717, 1.165) is 18.9 Å². The van der Waals surface area contributed by atoms with Crippen LogP contribution in [0.2, 0.25) is 0 Å². The molecule has 0 aromatic carbocycles. The topological polar surface area (TPSA) is 51.4 Å². The van der Waals surface area contributed by atoms with Crippen molar-refractivity contribution in [1.29, 1.82) is 0 Å². The van der Waals surface area contributed by atoms with Gasteiger partial charge in [0.25, 0.3) is 0 Å². The van der Waals surface area contributed by atoms with Crippen molar-refractivity contribution in [2.75, 3.05) is 30.8 Å². The summed E-state index contributed by atoms with van der Waals surface area (Å²) >= 11 is 0. The molecule has 0 atom stereocenters. The third-order valence-corrected chi connectivity index (χ3v) is 2.50. The summed E-state index contributed by atoms with van der Waals surface area (Å²) < 4.78 is 5.08. The number of methoxy groups -OCH3 is 1. The van der Waals surface area contributed by atoms with Crippen LogP contribution in [-0.4, -0.2) is 25.2 Å². The molecular formula is C10H15N3O. The summed E-state index contributed by atoms with van der Waals surface area (Å²) in [4.78, 5) is 6.60. The average Bonchev–Trinajstić information content (AvgIpc) is 2.71.